The van der Waals surface area contributed by atoms with E-state index in [1.54, 1.807) is 0 Å². The highest BCUT2D eigenvalue weighted by Crippen LogP contribution is 2.45. The number of nitrogens with zero attached hydrogens (tertiary/aromatic N) is 1. The first kappa shape index (κ1) is 9.72. The van der Waals surface area contributed by atoms with Crippen LogP contribution in [0.5, 0.6) is 0 Å². The standard InChI is InChI=1S/C12H14ClN/c1-7-5-6-9(13)10-11(7)14-8(2)12(10,3)4/h5-6H,1-4H3. The Bertz CT molecular complexity index is 430. The van der Waals surface area contributed by atoms with E-state index in [1.165, 1.54) is 11.1 Å². The number of hydrogen-bond donors (Lipinski definition) is 0. The van der Waals surface area contributed by atoms with Gasteiger partial charge in [-0.05, 0) is 25.5 Å². The monoisotopic (exact) mass is 207 g/mol. The van der Waals surface area contributed by atoms with Crippen molar-refractivity contribution in [3.63, 3.8) is 0 Å². The highest BCUT2D eigenvalue weighted by molar-refractivity contribution is 6.32. The molecular formula is C12H14ClN. The summed E-state index contributed by atoms with van der Waals surface area (Å²) in [4.78, 5) is 4.60. The van der Waals surface area contributed by atoms with Gasteiger partial charge < -0.3 is 0 Å². The molecule has 2 heteroatoms. The van der Waals surface area contributed by atoms with E-state index in [2.05, 4.69) is 32.7 Å². The fourth-order valence-corrected chi connectivity index (χ4v) is 2.29. The SMILES string of the molecule is CC1=Nc2c(C)ccc(Cl)c2C1(C)C. The maximum absolute atomic E-state index is 6.22. The van der Waals surface area contributed by atoms with E-state index in [4.69, 9.17) is 11.6 Å². The topological polar surface area (TPSA) is 12.4 Å². The second kappa shape index (κ2) is 2.83. The van der Waals surface area contributed by atoms with Gasteiger partial charge in [-0.3, -0.25) is 4.99 Å². The van der Waals surface area contributed by atoms with Crippen molar-refractivity contribution in [3.05, 3.63) is 28.3 Å². The van der Waals surface area contributed by atoms with Gasteiger partial charge in [0.1, 0.15) is 0 Å². The lowest BCUT2D eigenvalue weighted by atomic mass is 9.81. The Kier molecular flexibility index (Phi) is 1.97. The van der Waals surface area contributed by atoms with Crippen LogP contribution >= 0.6 is 11.6 Å². The lowest BCUT2D eigenvalue weighted by Crippen LogP contribution is -2.23. The smallest absolute Gasteiger partial charge is 0.0714 e. The lowest BCUT2D eigenvalue weighted by Gasteiger charge is -2.21. The third-order valence-electron chi connectivity index (χ3n) is 3.14. The van der Waals surface area contributed by atoms with Crippen LogP contribution in [-0.4, -0.2) is 5.71 Å². The average molecular weight is 208 g/mol. The van der Waals surface area contributed by atoms with Gasteiger partial charge in [0.2, 0.25) is 0 Å². The Balaban J connectivity index is 2.78. The van der Waals surface area contributed by atoms with Crippen LogP contribution in [0.3, 0.4) is 0 Å². The molecule has 0 amide bonds. The van der Waals surface area contributed by atoms with Crippen molar-refractivity contribution in [3.8, 4) is 0 Å². The fourth-order valence-electron chi connectivity index (χ4n) is 1.90. The summed E-state index contributed by atoms with van der Waals surface area (Å²) < 4.78 is 0. The number of hydrogen-bond acceptors (Lipinski definition) is 1. The molecule has 1 aromatic carbocycles. The van der Waals surface area contributed by atoms with Crippen LogP contribution in [0.25, 0.3) is 0 Å². The van der Waals surface area contributed by atoms with Gasteiger partial charge in [-0.1, -0.05) is 31.5 Å². The molecule has 0 saturated carbocycles. The second-order valence-corrected chi connectivity index (χ2v) is 4.82. The third kappa shape index (κ3) is 1.12. The minimum atomic E-state index is -0.0154. The molecule has 0 bridgehead atoms. The van der Waals surface area contributed by atoms with E-state index in [0.29, 0.717) is 0 Å². The van der Waals surface area contributed by atoms with Gasteiger partial charge in [0.15, 0.2) is 0 Å². The summed E-state index contributed by atoms with van der Waals surface area (Å²) in [6.45, 7) is 8.48. The predicted molar refractivity (Wildman–Crippen MR) is 62.0 cm³/mol. The molecule has 0 aromatic heterocycles. The van der Waals surface area contributed by atoms with E-state index < -0.39 is 0 Å². The summed E-state index contributed by atoms with van der Waals surface area (Å²) >= 11 is 6.22. The summed E-state index contributed by atoms with van der Waals surface area (Å²) in [5.41, 5.74) is 4.58. The van der Waals surface area contributed by atoms with E-state index in [9.17, 15) is 0 Å². The molecule has 0 spiro atoms. The molecule has 0 atom stereocenters. The van der Waals surface area contributed by atoms with Gasteiger partial charge in [0.25, 0.3) is 0 Å². The number of rotatable bonds is 0. The normalized spacial score (nSPS) is 17.9. The number of aryl methyl sites for hydroxylation is 1. The lowest BCUT2D eigenvalue weighted by molar-refractivity contribution is 0.733. The number of halogens is 1. The Labute approximate surface area is 89.8 Å². The van der Waals surface area contributed by atoms with Gasteiger partial charge in [0, 0.05) is 21.7 Å². The van der Waals surface area contributed by atoms with E-state index in [0.717, 1.165) is 16.4 Å². The molecule has 1 heterocycles. The highest BCUT2D eigenvalue weighted by Gasteiger charge is 2.34. The maximum atomic E-state index is 6.22. The van der Waals surface area contributed by atoms with Gasteiger partial charge in [0.05, 0.1) is 5.69 Å². The molecule has 0 unspecified atom stereocenters. The molecule has 0 saturated heterocycles. The summed E-state index contributed by atoms with van der Waals surface area (Å²) in [6.07, 6.45) is 0. The van der Waals surface area contributed by atoms with Crippen LogP contribution in [0, 0.1) is 6.92 Å². The highest BCUT2D eigenvalue weighted by atomic mass is 35.5. The van der Waals surface area contributed by atoms with Crippen LogP contribution in [0.15, 0.2) is 17.1 Å². The number of benzene rings is 1. The minimum Gasteiger partial charge on any atom is -0.257 e. The fraction of sp³-hybridized carbons (Fsp3) is 0.417. The van der Waals surface area contributed by atoms with Crippen molar-refractivity contribution in [1.29, 1.82) is 0 Å². The molecule has 14 heavy (non-hydrogen) atoms. The molecule has 0 N–H and O–H groups in total. The summed E-state index contributed by atoms with van der Waals surface area (Å²) in [6, 6.07) is 3.99. The molecule has 2 rings (SSSR count). The Hall–Kier alpha value is -0.820. The van der Waals surface area contributed by atoms with Crippen LogP contribution in [0.2, 0.25) is 5.02 Å². The average Bonchev–Trinajstić information content (AvgIpc) is 2.33. The largest absolute Gasteiger partial charge is 0.257 e. The number of fused-ring (bicyclic) bond motifs is 1. The van der Waals surface area contributed by atoms with Crippen molar-refractivity contribution < 1.29 is 0 Å². The molecule has 1 aromatic rings. The van der Waals surface area contributed by atoms with Gasteiger partial charge in [-0.2, -0.15) is 0 Å². The molecule has 74 valence electrons. The zero-order valence-corrected chi connectivity index (χ0v) is 9.74. The minimum absolute atomic E-state index is 0.0154. The first-order chi connectivity index (χ1) is 6.44. The Morgan fingerprint density at radius 2 is 1.86 bits per heavy atom. The van der Waals surface area contributed by atoms with Gasteiger partial charge in [-0.15, -0.1) is 0 Å². The Morgan fingerprint density at radius 3 is 2.43 bits per heavy atom. The van der Waals surface area contributed by atoms with Crippen LogP contribution < -0.4 is 0 Å². The van der Waals surface area contributed by atoms with E-state index in [1.807, 2.05) is 12.1 Å². The van der Waals surface area contributed by atoms with E-state index >= 15 is 0 Å². The zero-order chi connectivity index (χ0) is 10.5. The van der Waals surface area contributed by atoms with Crippen molar-refractivity contribution in [1.82, 2.24) is 0 Å². The van der Waals surface area contributed by atoms with E-state index in [-0.39, 0.29) is 5.41 Å². The van der Waals surface area contributed by atoms with Crippen LogP contribution in [-0.2, 0) is 5.41 Å². The Morgan fingerprint density at radius 1 is 1.21 bits per heavy atom. The molecule has 0 fully saturated rings. The molecule has 0 aliphatic carbocycles. The van der Waals surface area contributed by atoms with Gasteiger partial charge in [-0.25, -0.2) is 0 Å². The first-order valence-corrected chi connectivity index (χ1v) is 5.17. The van der Waals surface area contributed by atoms with Crippen molar-refractivity contribution in [2.24, 2.45) is 4.99 Å². The summed E-state index contributed by atoms with van der Waals surface area (Å²) in [5, 5.41) is 0.830. The quantitative estimate of drug-likeness (QED) is 0.609. The first-order valence-electron chi connectivity index (χ1n) is 4.80. The summed E-state index contributed by atoms with van der Waals surface area (Å²) in [7, 11) is 0. The number of aliphatic imine (C=N–C) groups is 1. The second-order valence-electron chi connectivity index (χ2n) is 4.41. The summed E-state index contributed by atoms with van der Waals surface area (Å²) in [5.74, 6) is 0. The molecule has 1 aliphatic heterocycles. The molecule has 1 aliphatic rings. The van der Waals surface area contributed by atoms with Crippen molar-refractivity contribution >= 4 is 23.0 Å². The zero-order valence-electron chi connectivity index (χ0n) is 8.98. The van der Waals surface area contributed by atoms with Crippen molar-refractivity contribution in [2.75, 3.05) is 0 Å². The molecular weight excluding hydrogens is 194 g/mol. The third-order valence-corrected chi connectivity index (χ3v) is 3.45. The van der Waals surface area contributed by atoms with Gasteiger partial charge >= 0.3 is 0 Å². The van der Waals surface area contributed by atoms with Crippen LogP contribution in [0.1, 0.15) is 31.9 Å². The molecule has 0 radical (unpaired) electrons. The maximum Gasteiger partial charge on any atom is 0.0714 e. The van der Waals surface area contributed by atoms with Crippen LogP contribution in [0.4, 0.5) is 5.69 Å². The molecule has 1 nitrogen and oxygen atoms in total. The van der Waals surface area contributed by atoms with Crippen molar-refractivity contribution in [2.45, 2.75) is 33.1 Å². The predicted octanol–water partition coefficient (Wildman–Crippen LogP) is 4.03.